The van der Waals surface area contributed by atoms with Gasteiger partial charge in [-0.15, -0.1) is 11.3 Å². The molecule has 0 radical (unpaired) electrons. The van der Waals surface area contributed by atoms with Crippen LogP contribution in [0.4, 0.5) is 0 Å². The number of hydrogen-bond donors (Lipinski definition) is 0. The molecule has 230 valence electrons. The van der Waals surface area contributed by atoms with E-state index in [2.05, 4.69) is 17.3 Å². The predicted octanol–water partition coefficient (Wildman–Crippen LogP) is 8.17. The Morgan fingerprint density at radius 2 is 1.40 bits per heavy atom. The van der Waals surface area contributed by atoms with Crippen LogP contribution >= 0.6 is 11.3 Å². The molecule has 6 rings (SSSR count). The largest absolute Gasteiger partial charge is 0.493 e. The van der Waals surface area contributed by atoms with Crippen LogP contribution in [0.15, 0.2) is 89.5 Å². The first kappa shape index (κ1) is 29.8. The Hall–Kier alpha value is -5.22. The molecule has 2 aromatic heterocycles. The molecule has 10 heteroatoms. The zero-order valence-corrected chi connectivity index (χ0v) is 26.2. The highest BCUT2D eigenvalue weighted by molar-refractivity contribution is 7.21. The van der Waals surface area contributed by atoms with E-state index in [1.165, 1.54) is 0 Å². The van der Waals surface area contributed by atoms with Crippen molar-refractivity contribution < 1.29 is 32.9 Å². The molecule has 0 fully saturated rings. The van der Waals surface area contributed by atoms with Crippen molar-refractivity contribution in [2.24, 2.45) is 0 Å². The van der Waals surface area contributed by atoms with E-state index >= 15 is 0 Å². The van der Waals surface area contributed by atoms with Crippen LogP contribution in [0.25, 0.3) is 43.4 Å². The van der Waals surface area contributed by atoms with E-state index in [1.807, 2.05) is 72.8 Å². The number of nitrogens with zero attached hydrogens (tertiary/aromatic N) is 2. The normalized spacial score (nSPS) is 10.9. The Labute approximate surface area is 264 Å². The van der Waals surface area contributed by atoms with Gasteiger partial charge < -0.3 is 32.9 Å². The fourth-order valence-corrected chi connectivity index (χ4v) is 5.83. The maximum Gasteiger partial charge on any atom is 0.203 e. The summed E-state index contributed by atoms with van der Waals surface area (Å²) in [6.45, 7) is 0.927. The molecule has 0 saturated heterocycles. The third-order valence-electron chi connectivity index (χ3n) is 7.11. The van der Waals surface area contributed by atoms with Crippen LogP contribution in [-0.4, -0.2) is 51.8 Å². The van der Waals surface area contributed by atoms with Gasteiger partial charge in [0.05, 0.1) is 51.9 Å². The van der Waals surface area contributed by atoms with E-state index in [1.54, 1.807) is 39.8 Å². The number of hydrogen-bond acceptors (Lipinski definition) is 10. The lowest BCUT2D eigenvalue weighted by molar-refractivity contribution is 0.240. The molecule has 6 aromatic rings. The monoisotopic (exact) mass is 624 g/mol. The molecule has 0 aliphatic carbocycles. The maximum atomic E-state index is 6.11. The van der Waals surface area contributed by atoms with Crippen LogP contribution in [0, 0.1) is 0 Å². The van der Waals surface area contributed by atoms with E-state index in [4.69, 9.17) is 37.9 Å². The molecular weight excluding hydrogens is 592 g/mol. The molecule has 0 aliphatic heterocycles. The quantitative estimate of drug-likeness (QED) is 0.118. The fourth-order valence-electron chi connectivity index (χ4n) is 4.86. The molecule has 45 heavy (non-hydrogen) atoms. The minimum absolute atomic E-state index is 0.435. The number of fused-ring (bicyclic) bond motifs is 1. The van der Waals surface area contributed by atoms with Gasteiger partial charge >= 0.3 is 0 Å². The minimum Gasteiger partial charge on any atom is -0.493 e. The van der Waals surface area contributed by atoms with Gasteiger partial charge in [-0.3, -0.25) is 0 Å². The summed E-state index contributed by atoms with van der Waals surface area (Å²) in [6, 6.07) is 27.3. The standard InChI is InChI=1S/C35H32N2O7S/c1-38-28-14-13-22(29-21-27(37-44-29)24-19-31(39-2)34(41-4)32(20-24)40-3)18-30(28)43-16-8-15-42-25-10-7-9-23(17-25)35-36-26-11-5-6-12-33(26)45-35/h5-7,9-14,17-21H,8,15-16H2,1-4H3. The summed E-state index contributed by atoms with van der Waals surface area (Å²) in [6.07, 6.45) is 0.673. The van der Waals surface area contributed by atoms with Gasteiger partial charge in [0.1, 0.15) is 16.5 Å². The summed E-state index contributed by atoms with van der Waals surface area (Å²) in [5.41, 5.74) is 4.21. The van der Waals surface area contributed by atoms with Crippen LogP contribution in [0.5, 0.6) is 34.5 Å². The van der Waals surface area contributed by atoms with Crippen molar-refractivity contribution in [2.75, 3.05) is 41.7 Å². The fraction of sp³-hybridized carbons (Fsp3) is 0.200. The lowest BCUT2D eigenvalue weighted by Crippen LogP contribution is -2.05. The van der Waals surface area contributed by atoms with Gasteiger partial charge in [-0.05, 0) is 54.6 Å². The van der Waals surface area contributed by atoms with Crippen molar-refractivity contribution in [3.63, 3.8) is 0 Å². The third kappa shape index (κ3) is 6.51. The molecule has 9 nitrogen and oxygen atoms in total. The number of ether oxygens (including phenoxy) is 6. The molecule has 0 aliphatic rings. The Morgan fingerprint density at radius 1 is 0.644 bits per heavy atom. The second-order valence-corrected chi connectivity index (χ2v) is 11.0. The number of methoxy groups -OCH3 is 4. The number of benzene rings is 4. The maximum absolute atomic E-state index is 6.11. The SMILES string of the molecule is COc1ccc(-c2cc(-c3cc(OC)c(OC)c(OC)c3)no2)cc1OCCCOc1cccc(-c2nc3ccccc3s2)c1. The molecule has 0 unspecified atom stereocenters. The van der Waals surface area contributed by atoms with E-state index in [9.17, 15) is 0 Å². The van der Waals surface area contributed by atoms with Gasteiger partial charge in [-0.2, -0.15) is 0 Å². The highest BCUT2D eigenvalue weighted by Crippen LogP contribution is 2.42. The number of para-hydroxylation sites is 1. The van der Waals surface area contributed by atoms with Gasteiger partial charge in [-0.1, -0.05) is 29.4 Å². The first-order chi connectivity index (χ1) is 22.1. The summed E-state index contributed by atoms with van der Waals surface area (Å²) in [5, 5.41) is 5.25. The summed E-state index contributed by atoms with van der Waals surface area (Å²) in [4.78, 5) is 4.76. The molecule has 0 amide bonds. The minimum atomic E-state index is 0.435. The van der Waals surface area contributed by atoms with E-state index in [-0.39, 0.29) is 0 Å². The van der Waals surface area contributed by atoms with Crippen LogP contribution in [0.2, 0.25) is 0 Å². The first-order valence-corrected chi connectivity index (χ1v) is 15.1. The second kappa shape index (κ2) is 13.6. The summed E-state index contributed by atoms with van der Waals surface area (Å²) in [7, 11) is 6.32. The summed E-state index contributed by atoms with van der Waals surface area (Å²) >= 11 is 1.67. The molecule has 0 atom stereocenters. The Balaban J connectivity index is 1.09. The van der Waals surface area contributed by atoms with Gasteiger partial charge in [0.25, 0.3) is 0 Å². The van der Waals surface area contributed by atoms with Crippen LogP contribution in [0.3, 0.4) is 0 Å². The first-order valence-electron chi connectivity index (χ1n) is 14.3. The molecular formula is C35H32N2O7S. The Morgan fingerprint density at radius 3 is 2.16 bits per heavy atom. The molecule has 0 saturated carbocycles. The van der Waals surface area contributed by atoms with Gasteiger partial charge in [0, 0.05) is 29.2 Å². The Kier molecular flexibility index (Phi) is 9.02. The van der Waals surface area contributed by atoms with Crippen molar-refractivity contribution in [3.8, 4) is 67.6 Å². The average molecular weight is 625 g/mol. The van der Waals surface area contributed by atoms with Crippen molar-refractivity contribution in [1.82, 2.24) is 10.1 Å². The van der Waals surface area contributed by atoms with Crippen molar-refractivity contribution in [1.29, 1.82) is 0 Å². The third-order valence-corrected chi connectivity index (χ3v) is 8.19. The van der Waals surface area contributed by atoms with Crippen LogP contribution in [0.1, 0.15) is 6.42 Å². The zero-order chi connectivity index (χ0) is 31.2. The Bertz CT molecular complexity index is 1860. The highest BCUT2D eigenvalue weighted by atomic mass is 32.1. The molecule has 0 N–H and O–H groups in total. The summed E-state index contributed by atoms with van der Waals surface area (Å²) in [5.74, 6) is 4.14. The summed E-state index contributed by atoms with van der Waals surface area (Å²) < 4.78 is 41.0. The van der Waals surface area contributed by atoms with E-state index in [0.29, 0.717) is 59.8 Å². The van der Waals surface area contributed by atoms with Gasteiger partial charge in [0.2, 0.25) is 5.75 Å². The van der Waals surface area contributed by atoms with Crippen LogP contribution in [-0.2, 0) is 0 Å². The average Bonchev–Trinajstić information content (AvgIpc) is 3.76. The molecule has 4 aromatic carbocycles. The topological polar surface area (TPSA) is 94.3 Å². The molecule has 2 heterocycles. The number of thiazole rings is 1. The molecule has 0 bridgehead atoms. The zero-order valence-electron chi connectivity index (χ0n) is 25.4. The van der Waals surface area contributed by atoms with Crippen LogP contribution < -0.4 is 28.4 Å². The van der Waals surface area contributed by atoms with Gasteiger partial charge in [-0.25, -0.2) is 4.98 Å². The van der Waals surface area contributed by atoms with Crippen molar-refractivity contribution >= 4 is 21.6 Å². The number of aromatic nitrogens is 2. The molecule has 0 spiro atoms. The smallest absolute Gasteiger partial charge is 0.203 e. The van der Waals surface area contributed by atoms with Crippen molar-refractivity contribution in [3.05, 3.63) is 84.9 Å². The predicted molar refractivity (Wildman–Crippen MR) is 174 cm³/mol. The van der Waals surface area contributed by atoms with Gasteiger partial charge in [0.15, 0.2) is 28.8 Å². The van der Waals surface area contributed by atoms with E-state index in [0.717, 1.165) is 37.7 Å². The lowest BCUT2D eigenvalue weighted by Gasteiger charge is -2.13. The van der Waals surface area contributed by atoms with Crippen molar-refractivity contribution in [2.45, 2.75) is 6.42 Å². The van der Waals surface area contributed by atoms with E-state index < -0.39 is 0 Å². The second-order valence-electron chi connectivity index (χ2n) is 9.92. The highest BCUT2D eigenvalue weighted by Gasteiger charge is 2.18. The lowest BCUT2D eigenvalue weighted by atomic mass is 10.1. The number of rotatable bonds is 13.